The van der Waals surface area contributed by atoms with Crippen LogP contribution in [0.15, 0.2) is 0 Å². The molecule has 0 aromatic carbocycles. The molecular weight excluding hydrogens is 1350 g/mol. The van der Waals surface area contributed by atoms with Crippen LogP contribution >= 0.6 is 15.6 Å². The van der Waals surface area contributed by atoms with Crippen LogP contribution < -0.4 is 0 Å². The number of rotatable bonds is 83. The van der Waals surface area contributed by atoms with Gasteiger partial charge < -0.3 is 33.8 Å². The smallest absolute Gasteiger partial charge is 0.462 e. The van der Waals surface area contributed by atoms with Crippen LogP contribution in [0.4, 0.5) is 0 Å². The number of aliphatic hydroxyl groups excluding tert-OH is 1. The Morgan fingerprint density at radius 1 is 0.279 bits per heavy atom. The maximum atomic E-state index is 13.1. The molecule has 0 aliphatic heterocycles. The molecule has 618 valence electrons. The summed E-state index contributed by atoms with van der Waals surface area (Å²) in [5.74, 6) is 0.368. The average Bonchev–Trinajstić information content (AvgIpc) is 0.913. The molecule has 0 saturated carbocycles. The van der Waals surface area contributed by atoms with E-state index in [2.05, 4.69) is 48.5 Å². The zero-order valence-corrected chi connectivity index (χ0v) is 70.3. The van der Waals surface area contributed by atoms with Gasteiger partial charge in [-0.05, 0) is 43.4 Å². The molecule has 0 saturated heterocycles. The van der Waals surface area contributed by atoms with Crippen molar-refractivity contribution in [2.75, 3.05) is 39.6 Å². The number of hydrogen-bond donors (Lipinski definition) is 3. The van der Waals surface area contributed by atoms with Crippen LogP contribution in [0.3, 0.4) is 0 Å². The molecule has 0 aliphatic carbocycles. The number of carbonyl (C=O) groups is 4. The molecule has 7 atom stereocenters. The summed E-state index contributed by atoms with van der Waals surface area (Å²) < 4.78 is 68.9. The van der Waals surface area contributed by atoms with Gasteiger partial charge in [0.15, 0.2) is 12.2 Å². The number of carbonyl (C=O) groups excluding carboxylic acids is 4. The third kappa shape index (κ3) is 75.5. The Bertz CT molecular complexity index is 2010. The Morgan fingerprint density at radius 3 is 0.731 bits per heavy atom. The van der Waals surface area contributed by atoms with Gasteiger partial charge in [-0.3, -0.25) is 37.3 Å². The highest BCUT2D eigenvalue weighted by Gasteiger charge is 2.30. The van der Waals surface area contributed by atoms with Crippen molar-refractivity contribution < 1.29 is 80.2 Å². The van der Waals surface area contributed by atoms with Gasteiger partial charge in [-0.2, -0.15) is 0 Å². The van der Waals surface area contributed by atoms with E-state index in [9.17, 15) is 43.2 Å². The van der Waals surface area contributed by atoms with Crippen molar-refractivity contribution >= 4 is 39.5 Å². The summed E-state index contributed by atoms with van der Waals surface area (Å²) in [4.78, 5) is 73.2. The number of phosphoric acid groups is 2. The van der Waals surface area contributed by atoms with Gasteiger partial charge in [-0.25, -0.2) is 9.13 Å². The van der Waals surface area contributed by atoms with Crippen LogP contribution in [0.25, 0.3) is 0 Å². The Balaban J connectivity index is 5.24. The fourth-order valence-electron chi connectivity index (χ4n) is 13.1. The van der Waals surface area contributed by atoms with Gasteiger partial charge in [-0.1, -0.05) is 395 Å². The molecule has 0 bridgehead atoms. The molecule has 17 nitrogen and oxygen atoms in total. The molecule has 0 fully saturated rings. The molecule has 0 aromatic rings. The quantitative estimate of drug-likeness (QED) is 0.0222. The van der Waals surface area contributed by atoms with Crippen molar-refractivity contribution in [1.29, 1.82) is 0 Å². The predicted octanol–water partition coefficient (Wildman–Crippen LogP) is 25.7. The molecule has 104 heavy (non-hydrogen) atoms. The van der Waals surface area contributed by atoms with Gasteiger partial charge in [0, 0.05) is 25.7 Å². The van der Waals surface area contributed by atoms with E-state index in [1.54, 1.807) is 0 Å². The molecule has 0 heterocycles. The third-order valence-electron chi connectivity index (χ3n) is 20.6. The number of esters is 4. The third-order valence-corrected chi connectivity index (χ3v) is 22.5. The first-order valence-corrected chi connectivity index (χ1v) is 46.9. The minimum absolute atomic E-state index is 0.107. The van der Waals surface area contributed by atoms with Crippen molar-refractivity contribution in [3.8, 4) is 0 Å². The van der Waals surface area contributed by atoms with Crippen LogP contribution in [0.1, 0.15) is 447 Å². The summed E-state index contributed by atoms with van der Waals surface area (Å²) >= 11 is 0. The molecule has 0 aromatic heterocycles. The van der Waals surface area contributed by atoms with Crippen LogP contribution in [0.5, 0.6) is 0 Å². The van der Waals surface area contributed by atoms with Gasteiger partial charge in [0.05, 0.1) is 26.4 Å². The summed E-state index contributed by atoms with van der Waals surface area (Å²) in [6.07, 6.45) is 65.1. The van der Waals surface area contributed by atoms with E-state index in [1.165, 1.54) is 257 Å². The lowest BCUT2D eigenvalue weighted by atomic mass is 9.99. The minimum Gasteiger partial charge on any atom is -0.462 e. The lowest BCUT2D eigenvalue weighted by Crippen LogP contribution is -2.30. The summed E-state index contributed by atoms with van der Waals surface area (Å²) in [5, 5.41) is 10.7. The van der Waals surface area contributed by atoms with Gasteiger partial charge in [0.25, 0.3) is 0 Å². The number of unbranched alkanes of at least 4 members (excludes halogenated alkanes) is 49. The van der Waals surface area contributed by atoms with Crippen LogP contribution in [0, 0.1) is 17.8 Å². The van der Waals surface area contributed by atoms with Gasteiger partial charge in [-0.15, -0.1) is 0 Å². The predicted molar refractivity (Wildman–Crippen MR) is 428 cm³/mol. The zero-order valence-electron chi connectivity index (χ0n) is 68.5. The SMILES string of the molecule is CCCCCCCCCCCCCC(=O)OC[C@H](COP(=O)(O)OC[C@H](O)COP(=O)(O)OC[C@@H](COC(=O)CCCCCCCCCCCCCCCCC(C)C)OC(=O)CCCCCCCCCCCCCCCCCCCCC(C)CC)OC(=O)CCCCCCCCCCCCC(C)CC. The molecule has 0 rings (SSSR count). The van der Waals surface area contributed by atoms with Crippen molar-refractivity contribution in [3.05, 3.63) is 0 Å². The van der Waals surface area contributed by atoms with Crippen LogP contribution in [0.2, 0.25) is 0 Å². The van der Waals surface area contributed by atoms with E-state index >= 15 is 0 Å². The highest BCUT2D eigenvalue weighted by Crippen LogP contribution is 2.45. The maximum absolute atomic E-state index is 13.1. The van der Waals surface area contributed by atoms with E-state index in [-0.39, 0.29) is 25.7 Å². The lowest BCUT2D eigenvalue weighted by Gasteiger charge is -2.21. The molecule has 0 amide bonds. The van der Waals surface area contributed by atoms with E-state index in [4.69, 9.17) is 37.0 Å². The summed E-state index contributed by atoms with van der Waals surface area (Å²) in [7, 11) is -9.93. The number of ether oxygens (including phenoxy) is 4. The fourth-order valence-corrected chi connectivity index (χ4v) is 14.7. The first kappa shape index (κ1) is 102. The second kappa shape index (κ2) is 75.1. The number of phosphoric ester groups is 2. The van der Waals surface area contributed by atoms with E-state index in [0.717, 1.165) is 108 Å². The molecule has 0 spiro atoms. The number of aliphatic hydroxyl groups is 1. The lowest BCUT2D eigenvalue weighted by molar-refractivity contribution is -0.161. The second-order valence-electron chi connectivity index (χ2n) is 31.5. The fraction of sp³-hybridized carbons (Fsp3) is 0.953. The molecule has 4 unspecified atom stereocenters. The number of hydrogen-bond acceptors (Lipinski definition) is 15. The molecule has 0 aliphatic rings. The van der Waals surface area contributed by atoms with Crippen LogP contribution in [-0.2, 0) is 65.4 Å². The van der Waals surface area contributed by atoms with Gasteiger partial charge in [0.1, 0.15) is 19.3 Å². The topological polar surface area (TPSA) is 237 Å². The Labute approximate surface area is 638 Å². The summed E-state index contributed by atoms with van der Waals surface area (Å²) in [5.41, 5.74) is 0. The monoisotopic (exact) mass is 1520 g/mol. The van der Waals surface area contributed by atoms with Gasteiger partial charge >= 0.3 is 39.5 Å². The van der Waals surface area contributed by atoms with Crippen molar-refractivity contribution in [3.63, 3.8) is 0 Å². The molecular formula is C85H166O17P2. The molecule has 3 N–H and O–H groups in total. The summed E-state index contributed by atoms with van der Waals surface area (Å²) in [6.45, 7) is 12.1. The first-order valence-electron chi connectivity index (χ1n) is 43.9. The van der Waals surface area contributed by atoms with E-state index in [1.807, 2.05) is 0 Å². The highest BCUT2D eigenvalue weighted by molar-refractivity contribution is 7.47. The van der Waals surface area contributed by atoms with E-state index in [0.29, 0.717) is 25.7 Å². The standard InChI is InChI=1S/C85H166O17P2/c1-8-11-12-13-14-15-28-38-45-52-59-66-82(87)95-72-81(102-85(90)69-62-55-48-41-34-33-37-44-51-58-65-78(7)10-3)75-100-104(93,94)98-71-79(86)70-97-103(91,92)99-74-80(73-96-83(88)67-60-53-46-39-31-26-23-22-24-29-35-42-49-56-63-76(4)5)101-84(89)68-61-54-47-40-32-27-21-19-17-16-18-20-25-30-36-43-50-57-64-77(6)9-2/h76-81,86H,8-75H2,1-7H3,(H,91,92)(H,93,94)/t77?,78?,79-,80-,81-/m1/s1. The Morgan fingerprint density at radius 2 is 0.490 bits per heavy atom. The minimum atomic E-state index is -4.97. The van der Waals surface area contributed by atoms with Crippen LogP contribution in [-0.4, -0.2) is 96.7 Å². The maximum Gasteiger partial charge on any atom is 0.472 e. The first-order chi connectivity index (χ1) is 50.3. The molecule has 0 radical (unpaired) electrons. The molecule has 19 heteroatoms. The van der Waals surface area contributed by atoms with E-state index < -0.39 is 97.5 Å². The van der Waals surface area contributed by atoms with Gasteiger partial charge in [0.2, 0.25) is 0 Å². The average molecular weight is 1520 g/mol. The summed E-state index contributed by atoms with van der Waals surface area (Å²) in [6, 6.07) is 0. The van der Waals surface area contributed by atoms with Crippen molar-refractivity contribution in [1.82, 2.24) is 0 Å². The largest absolute Gasteiger partial charge is 0.472 e. The van der Waals surface area contributed by atoms with Crippen molar-refractivity contribution in [2.45, 2.75) is 465 Å². The van der Waals surface area contributed by atoms with Crippen molar-refractivity contribution in [2.24, 2.45) is 17.8 Å². The second-order valence-corrected chi connectivity index (χ2v) is 34.4. The zero-order chi connectivity index (χ0) is 76.5. The normalized spacial score (nSPS) is 14.4. The Hall–Kier alpha value is -1.94. The Kier molecular flexibility index (Phi) is 73.7. The highest BCUT2D eigenvalue weighted by atomic mass is 31.2.